The molecule has 1 aliphatic rings. The van der Waals surface area contributed by atoms with Gasteiger partial charge in [0.15, 0.2) is 5.16 Å². The Morgan fingerprint density at radius 1 is 1.52 bits per heavy atom. The predicted molar refractivity (Wildman–Crippen MR) is 75.2 cm³/mol. The van der Waals surface area contributed by atoms with Crippen molar-refractivity contribution in [3.8, 4) is 0 Å². The van der Waals surface area contributed by atoms with Crippen LogP contribution in [0.4, 0.5) is 0 Å². The summed E-state index contributed by atoms with van der Waals surface area (Å²) in [6, 6.07) is 1.66. The first-order chi connectivity index (χ1) is 10.1. The molecule has 0 amide bonds. The lowest BCUT2D eigenvalue weighted by molar-refractivity contribution is 0.0813. The first-order valence-corrected chi connectivity index (χ1v) is 7.58. The molecule has 0 bridgehead atoms. The molecule has 0 radical (unpaired) electrons. The van der Waals surface area contributed by atoms with Crippen molar-refractivity contribution in [2.45, 2.75) is 37.5 Å². The Hall–Kier alpha value is -1.87. The Kier molecular flexibility index (Phi) is 3.68. The zero-order chi connectivity index (χ0) is 15.0. The Morgan fingerprint density at radius 3 is 2.86 bits per heavy atom. The number of hydrogen-bond acceptors (Lipinski definition) is 7. The van der Waals surface area contributed by atoms with Crippen LogP contribution < -0.4 is 11.3 Å². The Bertz CT molecular complexity index is 728. The van der Waals surface area contributed by atoms with Crippen molar-refractivity contribution in [2.24, 2.45) is 5.73 Å². The summed E-state index contributed by atoms with van der Waals surface area (Å²) in [7, 11) is 0. The molecular weight excluding hydrogens is 294 g/mol. The van der Waals surface area contributed by atoms with Gasteiger partial charge in [-0.2, -0.15) is 0 Å². The van der Waals surface area contributed by atoms with Gasteiger partial charge in [-0.15, -0.1) is 14.9 Å². The van der Waals surface area contributed by atoms with Gasteiger partial charge in [0.25, 0.3) is 11.5 Å². The molecule has 1 fully saturated rings. The maximum absolute atomic E-state index is 12.0. The second-order valence-electron chi connectivity index (χ2n) is 4.87. The lowest BCUT2D eigenvalue weighted by Gasteiger charge is -2.06. The van der Waals surface area contributed by atoms with E-state index in [1.807, 2.05) is 4.57 Å². The standard InChI is InChI=1S/C12H15N5O3S/c1-7-4-10(18)17(20-7)11(19)6-21-12-15-14-9(5-13)16(12)8-2-3-8/h4,8H,2-3,5-6,13H2,1H3. The maximum atomic E-state index is 12.0. The second kappa shape index (κ2) is 5.49. The molecule has 1 aliphatic carbocycles. The maximum Gasteiger partial charge on any atom is 0.290 e. The van der Waals surface area contributed by atoms with E-state index in [0.29, 0.717) is 23.5 Å². The summed E-state index contributed by atoms with van der Waals surface area (Å²) in [5.41, 5.74) is 5.18. The fourth-order valence-corrected chi connectivity index (χ4v) is 2.91. The van der Waals surface area contributed by atoms with Crippen LogP contribution in [-0.4, -0.2) is 31.2 Å². The van der Waals surface area contributed by atoms with Crippen LogP contribution in [0.5, 0.6) is 0 Å². The van der Waals surface area contributed by atoms with Crippen LogP contribution in [0.1, 0.15) is 35.3 Å². The van der Waals surface area contributed by atoms with Crippen molar-refractivity contribution in [2.75, 3.05) is 5.75 Å². The van der Waals surface area contributed by atoms with E-state index in [1.54, 1.807) is 6.92 Å². The van der Waals surface area contributed by atoms with Crippen LogP contribution in [-0.2, 0) is 6.54 Å². The van der Waals surface area contributed by atoms with Gasteiger partial charge in [0.2, 0.25) is 0 Å². The largest absolute Gasteiger partial charge is 0.373 e. The van der Waals surface area contributed by atoms with Gasteiger partial charge in [0.1, 0.15) is 11.6 Å². The molecule has 0 spiro atoms. The van der Waals surface area contributed by atoms with E-state index < -0.39 is 11.5 Å². The zero-order valence-electron chi connectivity index (χ0n) is 11.5. The predicted octanol–water partition coefficient (Wildman–Crippen LogP) is 0.567. The molecule has 8 nitrogen and oxygen atoms in total. The van der Waals surface area contributed by atoms with Crippen molar-refractivity contribution in [1.29, 1.82) is 0 Å². The summed E-state index contributed by atoms with van der Waals surface area (Å²) < 4.78 is 7.81. The van der Waals surface area contributed by atoms with Crippen molar-refractivity contribution < 1.29 is 9.32 Å². The summed E-state index contributed by atoms with van der Waals surface area (Å²) in [6.07, 6.45) is 2.15. The number of aryl methyl sites for hydroxylation is 1. The SMILES string of the molecule is Cc1cc(=O)n(C(=O)CSc2nnc(CN)n2C2CC2)o1. The highest BCUT2D eigenvalue weighted by molar-refractivity contribution is 7.99. The smallest absolute Gasteiger partial charge is 0.290 e. The number of hydrogen-bond donors (Lipinski definition) is 1. The molecule has 2 aromatic rings. The van der Waals surface area contributed by atoms with E-state index in [2.05, 4.69) is 10.2 Å². The molecular formula is C12H15N5O3S. The molecule has 1 saturated carbocycles. The molecule has 0 unspecified atom stereocenters. The van der Waals surface area contributed by atoms with Gasteiger partial charge in [-0.05, 0) is 19.8 Å². The minimum atomic E-state index is -0.454. The molecule has 2 N–H and O–H groups in total. The first-order valence-electron chi connectivity index (χ1n) is 6.60. The van der Waals surface area contributed by atoms with Gasteiger partial charge < -0.3 is 14.8 Å². The molecule has 0 saturated heterocycles. The van der Waals surface area contributed by atoms with E-state index in [4.69, 9.17) is 10.3 Å². The summed E-state index contributed by atoms with van der Waals surface area (Å²) in [4.78, 5) is 23.5. The molecule has 0 atom stereocenters. The number of rotatable bonds is 5. The molecule has 3 rings (SSSR count). The number of carbonyl (C=O) groups excluding carboxylic acids is 1. The third-order valence-corrected chi connectivity index (χ3v) is 4.07. The monoisotopic (exact) mass is 309 g/mol. The van der Waals surface area contributed by atoms with Crippen molar-refractivity contribution in [3.63, 3.8) is 0 Å². The molecule has 0 aromatic carbocycles. The lowest BCUT2D eigenvalue weighted by Crippen LogP contribution is -2.23. The topological polar surface area (TPSA) is 109 Å². The van der Waals surface area contributed by atoms with Crippen molar-refractivity contribution >= 4 is 17.7 Å². The minimum absolute atomic E-state index is 0.0578. The molecule has 112 valence electrons. The summed E-state index contributed by atoms with van der Waals surface area (Å²) in [5.74, 6) is 0.767. The minimum Gasteiger partial charge on any atom is -0.373 e. The van der Waals surface area contributed by atoms with Crippen molar-refractivity contribution in [3.05, 3.63) is 28.0 Å². The summed E-state index contributed by atoms with van der Waals surface area (Å²) in [5, 5.41) is 8.75. The molecule has 9 heteroatoms. The van der Waals surface area contributed by atoms with Gasteiger partial charge in [-0.3, -0.25) is 9.59 Å². The number of thioether (sulfide) groups is 1. The van der Waals surface area contributed by atoms with Gasteiger partial charge in [0, 0.05) is 12.1 Å². The van der Waals surface area contributed by atoms with E-state index in [0.717, 1.165) is 23.4 Å². The third-order valence-electron chi connectivity index (χ3n) is 3.14. The van der Waals surface area contributed by atoms with Crippen LogP contribution in [0.2, 0.25) is 0 Å². The Balaban J connectivity index is 1.73. The van der Waals surface area contributed by atoms with Crippen LogP contribution in [0.15, 0.2) is 20.5 Å². The second-order valence-corrected chi connectivity index (χ2v) is 5.81. The quantitative estimate of drug-likeness (QED) is 0.804. The molecule has 2 aromatic heterocycles. The first kappa shape index (κ1) is 14.1. The van der Waals surface area contributed by atoms with Gasteiger partial charge >= 0.3 is 0 Å². The Morgan fingerprint density at radius 2 is 2.29 bits per heavy atom. The summed E-state index contributed by atoms with van der Waals surface area (Å²) in [6.45, 7) is 1.93. The lowest BCUT2D eigenvalue weighted by atomic mass is 10.5. The van der Waals surface area contributed by atoms with Gasteiger partial charge in [-0.25, -0.2) is 0 Å². The normalized spacial score (nSPS) is 14.6. The molecule has 21 heavy (non-hydrogen) atoms. The highest BCUT2D eigenvalue weighted by Gasteiger charge is 2.29. The van der Waals surface area contributed by atoms with E-state index in [1.165, 1.54) is 17.8 Å². The van der Waals surface area contributed by atoms with E-state index >= 15 is 0 Å². The van der Waals surface area contributed by atoms with Crippen LogP contribution in [0, 0.1) is 6.92 Å². The number of aromatic nitrogens is 4. The zero-order valence-corrected chi connectivity index (χ0v) is 12.3. The van der Waals surface area contributed by atoms with Gasteiger partial charge in [-0.1, -0.05) is 11.8 Å². The number of nitrogens with zero attached hydrogens (tertiary/aromatic N) is 4. The fourth-order valence-electron chi connectivity index (χ4n) is 2.05. The average molecular weight is 309 g/mol. The average Bonchev–Trinajstić information content (AvgIpc) is 3.12. The third kappa shape index (κ3) is 2.79. The molecule has 2 heterocycles. The van der Waals surface area contributed by atoms with Crippen LogP contribution >= 0.6 is 11.8 Å². The van der Waals surface area contributed by atoms with E-state index in [-0.39, 0.29) is 5.75 Å². The van der Waals surface area contributed by atoms with Crippen LogP contribution in [0.3, 0.4) is 0 Å². The molecule has 0 aliphatic heterocycles. The number of carbonyl (C=O) groups is 1. The number of nitrogens with two attached hydrogens (primary N) is 1. The van der Waals surface area contributed by atoms with E-state index in [9.17, 15) is 9.59 Å². The summed E-state index contributed by atoms with van der Waals surface area (Å²) >= 11 is 1.24. The highest BCUT2D eigenvalue weighted by Crippen LogP contribution is 2.38. The Labute approximate surface area is 124 Å². The highest BCUT2D eigenvalue weighted by atomic mass is 32.2. The van der Waals surface area contributed by atoms with Gasteiger partial charge in [0.05, 0.1) is 12.3 Å². The fraction of sp³-hybridized carbons (Fsp3) is 0.500. The van der Waals surface area contributed by atoms with Crippen molar-refractivity contribution in [1.82, 2.24) is 19.5 Å². The van der Waals surface area contributed by atoms with Crippen LogP contribution in [0.25, 0.3) is 0 Å².